The molecule has 7 heteroatoms. The fourth-order valence-electron chi connectivity index (χ4n) is 2.26. The van der Waals surface area contributed by atoms with E-state index in [9.17, 15) is 4.79 Å². The number of ether oxygens (including phenoxy) is 1. The molecular formula is C20H19ClN4O2. The lowest BCUT2D eigenvalue weighted by molar-refractivity contribution is 0.102. The zero-order valence-electron chi connectivity index (χ0n) is 14.9. The first-order chi connectivity index (χ1) is 13.0. The lowest BCUT2D eigenvalue weighted by Gasteiger charge is -2.10. The summed E-state index contributed by atoms with van der Waals surface area (Å²) >= 11 is 5.83. The van der Waals surface area contributed by atoms with Crippen molar-refractivity contribution in [1.29, 1.82) is 0 Å². The summed E-state index contributed by atoms with van der Waals surface area (Å²) in [5, 5.41) is 6.45. The maximum atomic E-state index is 12.2. The van der Waals surface area contributed by atoms with Gasteiger partial charge in [-0.1, -0.05) is 11.6 Å². The van der Waals surface area contributed by atoms with Gasteiger partial charge in [-0.3, -0.25) is 4.79 Å². The van der Waals surface area contributed by atoms with Crippen LogP contribution < -0.4 is 15.4 Å². The molecule has 0 fully saturated rings. The van der Waals surface area contributed by atoms with Crippen molar-refractivity contribution < 1.29 is 9.53 Å². The third-order valence-corrected chi connectivity index (χ3v) is 3.75. The lowest BCUT2D eigenvalue weighted by Crippen LogP contribution is -2.13. The maximum absolute atomic E-state index is 12.2. The van der Waals surface area contributed by atoms with Gasteiger partial charge in [0.15, 0.2) is 0 Å². The molecule has 138 valence electrons. The van der Waals surface area contributed by atoms with E-state index < -0.39 is 0 Å². The van der Waals surface area contributed by atoms with Gasteiger partial charge in [0.1, 0.15) is 5.75 Å². The smallest absolute Gasteiger partial charge is 0.258 e. The summed E-state index contributed by atoms with van der Waals surface area (Å²) in [7, 11) is 0. The second-order valence-corrected chi connectivity index (χ2v) is 6.51. The van der Waals surface area contributed by atoms with Crippen molar-refractivity contribution in [1.82, 2.24) is 9.97 Å². The fourth-order valence-corrected chi connectivity index (χ4v) is 2.39. The van der Waals surface area contributed by atoms with Crippen molar-refractivity contribution in [2.45, 2.75) is 20.0 Å². The average Bonchev–Trinajstić information content (AvgIpc) is 2.65. The topological polar surface area (TPSA) is 76.1 Å². The van der Waals surface area contributed by atoms with E-state index in [0.717, 1.165) is 11.4 Å². The minimum atomic E-state index is -0.293. The van der Waals surface area contributed by atoms with Gasteiger partial charge in [-0.2, -0.15) is 0 Å². The van der Waals surface area contributed by atoms with Crippen LogP contribution in [0, 0.1) is 0 Å². The predicted molar refractivity (Wildman–Crippen MR) is 107 cm³/mol. The van der Waals surface area contributed by atoms with E-state index in [4.69, 9.17) is 16.3 Å². The van der Waals surface area contributed by atoms with Gasteiger partial charge < -0.3 is 15.4 Å². The summed E-state index contributed by atoms with van der Waals surface area (Å²) in [5.41, 5.74) is 1.83. The number of rotatable bonds is 6. The molecule has 0 radical (unpaired) electrons. The molecule has 2 N–H and O–H groups in total. The zero-order valence-corrected chi connectivity index (χ0v) is 15.7. The molecule has 1 heterocycles. The second kappa shape index (κ2) is 8.51. The van der Waals surface area contributed by atoms with Crippen LogP contribution in [-0.4, -0.2) is 22.0 Å². The number of amides is 1. The molecule has 0 saturated carbocycles. The van der Waals surface area contributed by atoms with Gasteiger partial charge in [0, 0.05) is 28.8 Å². The number of anilines is 3. The van der Waals surface area contributed by atoms with Crippen molar-refractivity contribution in [3.63, 3.8) is 0 Å². The third-order valence-electron chi connectivity index (χ3n) is 3.50. The monoisotopic (exact) mass is 382 g/mol. The van der Waals surface area contributed by atoms with E-state index in [1.165, 1.54) is 12.4 Å². The zero-order chi connectivity index (χ0) is 19.2. The summed E-state index contributed by atoms with van der Waals surface area (Å²) in [4.78, 5) is 20.6. The van der Waals surface area contributed by atoms with Gasteiger partial charge in [-0.25, -0.2) is 9.97 Å². The van der Waals surface area contributed by atoms with E-state index in [0.29, 0.717) is 22.2 Å². The molecule has 0 spiro atoms. The summed E-state index contributed by atoms with van der Waals surface area (Å²) in [5.74, 6) is 0.903. The van der Waals surface area contributed by atoms with Gasteiger partial charge in [-0.15, -0.1) is 0 Å². The molecule has 6 nitrogen and oxygen atoms in total. The Balaban J connectivity index is 1.61. The Kier molecular flexibility index (Phi) is 5.88. The predicted octanol–water partition coefficient (Wildman–Crippen LogP) is 4.91. The maximum Gasteiger partial charge on any atom is 0.258 e. The average molecular weight is 383 g/mol. The van der Waals surface area contributed by atoms with E-state index in [-0.39, 0.29) is 12.0 Å². The van der Waals surface area contributed by atoms with E-state index in [2.05, 4.69) is 20.6 Å². The highest BCUT2D eigenvalue weighted by Crippen LogP contribution is 2.19. The molecule has 0 aliphatic carbocycles. The quantitative estimate of drug-likeness (QED) is 0.633. The van der Waals surface area contributed by atoms with Crippen LogP contribution in [0.1, 0.15) is 24.2 Å². The SMILES string of the molecule is CC(C)Oc1ccc(Nc2ncc(C(=O)Nc3ccc(Cl)cc3)cn2)cc1. The number of carbonyl (C=O) groups is 1. The van der Waals surface area contributed by atoms with E-state index >= 15 is 0 Å². The van der Waals surface area contributed by atoms with Crippen molar-refractivity contribution >= 4 is 34.8 Å². The fraction of sp³-hybridized carbons (Fsp3) is 0.150. The van der Waals surface area contributed by atoms with Crippen molar-refractivity contribution in [2.24, 2.45) is 0 Å². The Morgan fingerprint density at radius 3 is 2.15 bits per heavy atom. The molecule has 27 heavy (non-hydrogen) atoms. The number of carbonyl (C=O) groups excluding carboxylic acids is 1. The summed E-state index contributed by atoms with van der Waals surface area (Å²) < 4.78 is 5.61. The highest BCUT2D eigenvalue weighted by molar-refractivity contribution is 6.30. The largest absolute Gasteiger partial charge is 0.491 e. The van der Waals surface area contributed by atoms with Gasteiger partial charge in [0.2, 0.25) is 5.95 Å². The molecule has 0 aliphatic rings. The Hall–Kier alpha value is -3.12. The van der Waals surface area contributed by atoms with Crippen molar-refractivity contribution in [3.8, 4) is 5.75 Å². The molecule has 2 aromatic carbocycles. The first-order valence-electron chi connectivity index (χ1n) is 8.42. The number of hydrogen-bond acceptors (Lipinski definition) is 5. The van der Waals surface area contributed by atoms with Crippen LogP contribution >= 0.6 is 11.6 Å². The normalized spacial score (nSPS) is 10.5. The Bertz CT molecular complexity index is 895. The van der Waals surface area contributed by atoms with Crippen LogP contribution in [-0.2, 0) is 0 Å². The molecule has 0 unspecified atom stereocenters. The third kappa shape index (κ3) is 5.43. The number of nitrogens with zero attached hydrogens (tertiary/aromatic N) is 2. The Morgan fingerprint density at radius 1 is 0.963 bits per heavy atom. The van der Waals surface area contributed by atoms with Gasteiger partial charge in [-0.05, 0) is 62.4 Å². The molecular weight excluding hydrogens is 364 g/mol. The lowest BCUT2D eigenvalue weighted by atomic mass is 10.3. The first-order valence-corrected chi connectivity index (χ1v) is 8.80. The number of aromatic nitrogens is 2. The number of benzene rings is 2. The van der Waals surface area contributed by atoms with Crippen LogP contribution in [0.15, 0.2) is 60.9 Å². The molecule has 3 rings (SSSR count). The molecule has 1 aromatic heterocycles. The van der Waals surface area contributed by atoms with Crippen LogP contribution in [0.5, 0.6) is 5.75 Å². The number of hydrogen-bond donors (Lipinski definition) is 2. The summed E-state index contributed by atoms with van der Waals surface area (Å²) in [6.07, 6.45) is 3.06. The van der Waals surface area contributed by atoms with Crippen molar-refractivity contribution in [2.75, 3.05) is 10.6 Å². The van der Waals surface area contributed by atoms with Crippen LogP contribution in [0.25, 0.3) is 0 Å². The Morgan fingerprint density at radius 2 is 1.56 bits per heavy atom. The van der Waals surface area contributed by atoms with E-state index in [1.54, 1.807) is 24.3 Å². The van der Waals surface area contributed by atoms with Crippen LogP contribution in [0.2, 0.25) is 5.02 Å². The standard InChI is InChI=1S/C20H19ClN4O2/c1-13(2)27-18-9-7-17(8-10-18)25-20-22-11-14(12-23-20)19(26)24-16-5-3-15(21)4-6-16/h3-13H,1-2H3,(H,24,26)(H,22,23,25). The van der Waals surface area contributed by atoms with Gasteiger partial charge >= 0.3 is 0 Å². The first kappa shape index (κ1) is 18.7. The minimum absolute atomic E-state index is 0.124. The van der Waals surface area contributed by atoms with Gasteiger partial charge in [0.05, 0.1) is 11.7 Å². The Labute approximate surface area is 162 Å². The van der Waals surface area contributed by atoms with Crippen LogP contribution in [0.3, 0.4) is 0 Å². The summed E-state index contributed by atoms with van der Waals surface area (Å²) in [6.45, 7) is 3.95. The second-order valence-electron chi connectivity index (χ2n) is 6.07. The summed E-state index contributed by atoms with van der Waals surface area (Å²) in [6, 6.07) is 14.4. The van der Waals surface area contributed by atoms with Crippen LogP contribution in [0.4, 0.5) is 17.3 Å². The molecule has 0 bridgehead atoms. The van der Waals surface area contributed by atoms with Gasteiger partial charge in [0.25, 0.3) is 5.91 Å². The molecule has 0 atom stereocenters. The molecule has 0 aliphatic heterocycles. The molecule has 1 amide bonds. The van der Waals surface area contributed by atoms with Crippen molar-refractivity contribution in [3.05, 3.63) is 71.5 Å². The highest BCUT2D eigenvalue weighted by atomic mass is 35.5. The molecule has 3 aromatic rings. The van der Waals surface area contributed by atoms with E-state index in [1.807, 2.05) is 38.1 Å². The number of nitrogens with one attached hydrogen (secondary N) is 2. The molecule has 0 saturated heterocycles. The number of halogens is 1. The minimum Gasteiger partial charge on any atom is -0.491 e. The highest BCUT2D eigenvalue weighted by Gasteiger charge is 2.08.